The van der Waals surface area contributed by atoms with Crippen LogP contribution in [0.25, 0.3) is 0 Å². The molecule has 6 nitrogen and oxygen atoms in total. The average molecular weight is 375 g/mol. The van der Waals surface area contributed by atoms with Crippen LogP contribution in [0.5, 0.6) is 0 Å². The van der Waals surface area contributed by atoms with Crippen molar-refractivity contribution in [1.82, 2.24) is 20.3 Å². The fraction of sp³-hybridized carbons (Fsp3) is 0.273. The highest BCUT2D eigenvalue weighted by molar-refractivity contribution is 5.84. The zero-order chi connectivity index (χ0) is 19.8. The van der Waals surface area contributed by atoms with Gasteiger partial charge in [-0.05, 0) is 49.6 Å². The van der Waals surface area contributed by atoms with E-state index in [4.69, 9.17) is 0 Å². The summed E-state index contributed by atoms with van der Waals surface area (Å²) in [5, 5.41) is 6.24. The Hall–Kier alpha value is -3.28. The Morgan fingerprint density at radius 1 is 0.964 bits per heavy atom. The van der Waals surface area contributed by atoms with E-state index in [9.17, 15) is 4.79 Å². The van der Waals surface area contributed by atoms with Crippen molar-refractivity contribution in [1.29, 1.82) is 0 Å². The van der Waals surface area contributed by atoms with Crippen molar-refractivity contribution in [2.24, 2.45) is 0 Å². The molecule has 3 rings (SSSR count). The number of hydrogen-bond acceptors (Lipinski definition) is 5. The smallest absolute Gasteiger partial charge is 0.242 e. The number of anilines is 1. The third-order valence-corrected chi connectivity index (χ3v) is 4.35. The van der Waals surface area contributed by atoms with Crippen molar-refractivity contribution in [3.63, 3.8) is 0 Å². The molecular weight excluding hydrogens is 350 g/mol. The Bertz CT molecular complexity index is 879. The number of nitrogens with zero attached hydrogens (tertiary/aromatic N) is 3. The molecule has 0 radical (unpaired) electrons. The number of hydrogen-bond donors (Lipinski definition) is 2. The Morgan fingerprint density at radius 2 is 1.64 bits per heavy atom. The molecule has 0 aliphatic rings. The molecule has 1 atom stereocenters. The summed E-state index contributed by atoms with van der Waals surface area (Å²) in [6.07, 6.45) is 4.83. The molecule has 2 N–H and O–H groups in total. The molecule has 0 saturated carbocycles. The number of aromatic nitrogens is 3. The first-order chi connectivity index (χ1) is 13.6. The minimum Gasteiger partial charge on any atom is -0.354 e. The van der Waals surface area contributed by atoms with E-state index in [1.54, 1.807) is 12.4 Å². The van der Waals surface area contributed by atoms with E-state index in [0.717, 1.165) is 28.9 Å². The molecule has 0 bridgehead atoms. The summed E-state index contributed by atoms with van der Waals surface area (Å²) >= 11 is 0. The Labute approximate surface area is 165 Å². The number of aryl methyl sites for hydroxylation is 2. The molecule has 1 aromatic carbocycles. The van der Waals surface area contributed by atoms with Gasteiger partial charge in [0.15, 0.2) is 0 Å². The van der Waals surface area contributed by atoms with Crippen molar-refractivity contribution in [2.75, 3.05) is 11.9 Å². The van der Waals surface area contributed by atoms with Crippen LogP contribution in [-0.4, -0.2) is 33.4 Å². The summed E-state index contributed by atoms with van der Waals surface area (Å²) in [4.78, 5) is 25.7. The first kappa shape index (κ1) is 19.5. The largest absolute Gasteiger partial charge is 0.354 e. The topological polar surface area (TPSA) is 79.8 Å². The van der Waals surface area contributed by atoms with Crippen LogP contribution in [0.3, 0.4) is 0 Å². The van der Waals surface area contributed by atoms with E-state index in [1.165, 1.54) is 0 Å². The van der Waals surface area contributed by atoms with Crippen molar-refractivity contribution in [3.05, 3.63) is 83.4 Å². The van der Waals surface area contributed by atoms with Gasteiger partial charge < -0.3 is 10.6 Å². The summed E-state index contributed by atoms with van der Waals surface area (Å²) in [5.74, 6) is 0.406. The number of amides is 1. The maximum Gasteiger partial charge on any atom is 0.242 e. The molecule has 144 valence electrons. The van der Waals surface area contributed by atoms with Crippen molar-refractivity contribution < 1.29 is 4.79 Å². The molecule has 6 heteroatoms. The molecule has 0 saturated heterocycles. The molecule has 0 fully saturated rings. The van der Waals surface area contributed by atoms with E-state index in [2.05, 4.69) is 25.6 Å². The van der Waals surface area contributed by atoms with Gasteiger partial charge in [0, 0.05) is 36.7 Å². The number of rotatable bonds is 8. The standard InChI is InChI=1S/C22H25N5O/c1-16-14-17(2)26-22(25-16)27-20(15-19-6-4-3-5-7-19)21(28)24-13-10-18-8-11-23-12-9-18/h3-9,11-12,14,20H,10,13,15H2,1-2H3,(H,24,28)(H,25,26,27)/t20-/m0/s1. The minimum atomic E-state index is -0.457. The highest BCUT2D eigenvalue weighted by Crippen LogP contribution is 2.10. The lowest BCUT2D eigenvalue weighted by atomic mass is 10.1. The van der Waals surface area contributed by atoms with Crippen molar-refractivity contribution >= 4 is 11.9 Å². The van der Waals surface area contributed by atoms with Crippen LogP contribution >= 0.6 is 0 Å². The second-order valence-corrected chi connectivity index (χ2v) is 6.76. The van der Waals surface area contributed by atoms with Crippen LogP contribution in [0.1, 0.15) is 22.5 Å². The third kappa shape index (κ3) is 5.87. The van der Waals surface area contributed by atoms with E-state index >= 15 is 0 Å². The lowest BCUT2D eigenvalue weighted by Gasteiger charge is -2.19. The summed E-state index contributed by atoms with van der Waals surface area (Å²) in [6, 6.07) is 15.3. The van der Waals surface area contributed by atoms with Crippen molar-refractivity contribution in [3.8, 4) is 0 Å². The predicted molar refractivity (Wildman–Crippen MR) is 110 cm³/mol. The van der Waals surface area contributed by atoms with Gasteiger partial charge >= 0.3 is 0 Å². The maximum atomic E-state index is 12.9. The highest BCUT2D eigenvalue weighted by Gasteiger charge is 2.20. The van der Waals surface area contributed by atoms with Gasteiger partial charge in [0.1, 0.15) is 6.04 Å². The second kappa shape index (κ2) is 9.60. The monoisotopic (exact) mass is 375 g/mol. The lowest BCUT2D eigenvalue weighted by molar-refractivity contribution is -0.121. The van der Waals surface area contributed by atoms with Crippen molar-refractivity contribution in [2.45, 2.75) is 32.7 Å². The fourth-order valence-corrected chi connectivity index (χ4v) is 3.01. The number of carbonyl (C=O) groups excluding carboxylic acids is 1. The fourth-order valence-electron chi connectivity index (χ4n) is 3.01. The molecule has 1 amide bonds. The molecule has 3 aromatic rings. The zero-order valence-electron chi connectivity index (χ0n) is 16.2. The molecule has 0 unspecified atom stereocenters. The van der Waals surface area contributed by atoms with Gasteiger partial charge in [-0.1, -0.05) is 30.3 Å². The lowest BCUT2D eigenvalue weighted by Crippen LogP contribution is -2.42. The van der Waals surface area contributed by atoms with Gasteiger partial charge in [0.05, 0.1) is 0 Å². The quantitative estimate of drug-likeness (QED) is 0.633. The predicted octanol–water partition coefficient (Wildman–Crippen LogP) is 2.87. The molecule has 0 spiro atoms. The zero-order valence-corrected chi connectivity index (χ0v) is 16.2. The molecule has 0 aliphatic heterocycles. The first-order valence-corrected chi connectivity index (χ1v) is 9.39. The van der Waals surface area contributed by atoms with Crippen LogP contribution in [0.4, 0.5) is 5.95 Å². The van der Waals surface area contributed by atoms with Crippen LogP contribution in [0.2, 0.25) is 0 Å². The van der Waals surface area contributed by atoms with Gasteiger partial charge in [0.25, 0.3) is 0 Å². The number of nitrogens with one attached hydrogen (secondary N) is 2. The first-order valence-electron chi connectivity index (χ1n) is 9.39. The Morgan fingerprint density at radius 3 is 2.32 bits per heavy atom. The third-order valence-electron chi connectivity index (χ3n) is 4.35. The summed E-state index contributed by atoms with van der Waals surface area (Å²) in [7, 11) is 0. The van der Waals surface area contributed by atoms with Crippen LogP contribution in [0.15, 0.2) is 60.9 Å². The van der Waals surface area contributed by atoms with Crippen LogP contribution < -0.4 is 10.6 Å². The maximum absolute atomic E-state index is 12.9. The molecule has 2 heterocycles. The van der Waals surface area contributed by atoms with Gasteiger partial charge in [-0.15, -0.1) is 0 Å². The van der Waals surface area contributed by atoms with E-state index in [1.807, 2.05) is 62.4 Å². The summed E-state index contributed by atoms with van der Waals surface area (Å²) in [5.41, 5.74) is 3.95. The van der Waals surface area contributed by atoms with Gasteiger partial charge in [0.2, 0.25) is 11.9 Å². The van der Waals surface area contributed by atoms with Gasteiger partial charge in [-0.25, -0.2) is 9.97 Å². The molecule has 28 heavy (non-hydrogen) atoms. The molecule has 0 aliphatic carbocycles. The second-order valence-electron chi connectivity index (χ2n) is 6.76. The van der Waals surface area contributed by atoms with Gasteiger partial charge in [-0.3, -0.25) is 9.78 Å². The number of benzene rings is 1. The number of pyridine rings is 1. The van der Waals surface area contributed by atoms with E-state index < -0.39 is 6.04 Å². The average Bonchev–Trinajstić information content (AvgIpc) is 2.68. The Balaban J connectivity index is 1.68. The van der Waals surface area contributed by atoms with Gasteiger partial charge in [-0.2, -0.15) is 0 Å². The normalized spacial score (nSPS) is 11.6. The summed E-state index contributed by atoms with van der Waals surface area (Å²) < 4.78 is 0. The summed E-state index contributed by atoms with van der Waals surface area (Å²) in [6.45, 7) is 4.39. The molecular formula is C22H25N5O. The molecule has 2 aromatic heterocycles. The highest BCUT2D eigenvalue weighted by atomic mass is 16.2. The van der Waals surface area contributed by atoms with E-state index in [-0.39, 0.29) is 5.91 Å². The SMILES string of the molecule is Cc1cc(C)nc(N[C@@H](Cc2ccccc2)C(=O)NCCc2ccncc2)n1. The Kier molecular flexibility index (Phi) is 6.68. The number of carbonyl (C=O) groups is 1. The van der Waals surface area contributed by atoms with Crippen LogP contribution in [-0.2, 0) is 17.6 Å². The van der Waals surface area contributed by atoms with Crippen LogP contribution in [0, 0.1) is 13.8 Å². The minimum absolute atomic E-state index is 0.0688. The van der Waals surface area contributed by atoms with E-state index in [0.29, 0.717) is 18.9 Å².